The largest absolute Gasteiger partial charge is 0.357 e. The first-order chi connectivity index (χ1) is 7.74. The van der Waals surface area contributed by atoms with Gasteiger partial charge in [-0.25, -0.2) is 4.98 Å². The average molecular weight is 239 g/mol. The van der Waals surface area contributed by atoms with E-state index in [9.17, 15) is 0 Å². The number of guanidine groups is 1. The highest BCUT2D eigenvalue weighted by Crippen LogP contribution is 2.07. The van der Waals surface area contributed by atoms with Crippen molar-refractivity contribution in [2.45, 2.75) is 5.75 Å². The van der Waals surface area contributed by atoms with Gasteiger partial charge in [-0.15, -0.1) is 0 Å². The van der Waals surface area contributed by atoms with Crippen LogP contribution in [0.25, 0.3) is 0 Å². The number of thioether (sulfide) groups is 1. The molecule has 0 atom stereocenters. The van der Waals surface area contributed by atoms with Crippen molar-refractivity contribution in [2.24, 2.45) is 5.73 Å². The fourth-order valence-electron chi connectivity index (χ4n) is 1.02. The van der Waals surface area contributed by atoms with E-state index in [1.165, 1.54) is 0 Å². The number of nitrogens with two attached hydrogens (primary N) is 1. The van der Waals surface area contributed by atoms with Gasteiger partial charge >= 0.3 is 5.96 Å². The predicted molar refractivity (Wildman–Crippen MR) is 63.7 cm³/mol. The number of hydrogen-bond acceptors (Lipinski definition) is 3. The fraction of sp³-hybridized carbons (Fsp3) is 0.444. The molecule has 0 bridgehead atoms. The lowest BCUT2D eigenvalue weighted by Gasteiger charge is -2.03. The van der Waals surface area contributed by atoms with Crippen LogP contribution in [-0.4, -0.2) is 39.8 Å². The predicted octanol–water partition coefficient (Wildman–Crippen LogP) is -0.329. The van der Waals surface area contributed by atoms with Crippen LogP contribution >= 0.6 is 11.8 Å². The Kier molecular flexibility index (Phi) is 5.22. The standard InChI is InChI=1S/C9H14N6S/c1-15(9(11)13-6-10)2-3-16-5-8-4-12-7-14-8/h4,7H,2-3,5H2,1H3,(H3,11,12,13,14)/p+1. The third-order valence-electron chi connectivity index (χ3n) is 1.98. The molecule has 1 rings (SSSR count). The van der Waals surface area contributed by atoms with Gasteiger partial charge in [0.2, 0.25) is 0 Å². The minimum atomic E-state index is 0.379. The summed E-state index contributed by atoms with van der Waals surface area (Å²) >= 11 is 1.78. The van der Waals surface area contributed by atoms with Crippen molar-refractivity contribution >= 4 is 17.7 Å². The molecule has 7 heteroatoms. The zero-order valence-electron chi connectivity index (χ0n) is 9.10. The van der Waals surface area contributed by atoms with Gasteiger partial charge in [0.1, 0.15) is 0 Å². The van der Waals surface area contributed by atoms with Gasteiger partial charge in [-0.3, -0.25) is 10.3 Å². The van der Waals surface area contributed by atoms with Gasteiger partial charge in [0.05, 0.1) is 19.9 Å². The van der Waals surface area contributed by atoms with Crippen LogP contribution in [0.1, 0.15) is 5.69 Å². The number of imidazole rings is 1. The number of rotatable bonds is 5. The molecule has 4 N–H and O–H groups in total. The van der Waals surface area contributed by atoms with Crippen molar-refractivity contribution in [3.63, 3.8) is 0 Å². The molecule has 0 unspecified atom stereocenters. The Bertz CT molecular complexity index is 377. The Labute approximate surface area is 98.6 Å². The van der Waals surface area contributed by atoms with E-state index in [-0.39, 0.29) is 0 Å². The Morgan fingerprint density at radius 3 is 3.25 bits per heavy atom. The maximum Gasteiger partial charge on any atom is 0.357 e. The van der Waals surface area contributed by atoms with Crippen molar-refractivity contribution in [3.05, 3.63) is 18.2 Å². The second-order valence-electron chi connectivity index (χ2n) is 3.17. The smallest absolute Gasteiger partial charge is 0.348 e. The molecular formula is C9H15N6S+. The summed E-state index contributed by atoms with van der Waals surface area (Å²) in [7, 11) is 1.84. The van der Waals surface area contributed by atoms with Crippen LogP contribution in [0.5, 0.6) is 0 Å². The van der Waals surface area contributed by atoms with E-state index >= 15 is 0 Å². The van der Waals surface area contributed by atoms with Gasteiger partial charge < -0.3 is 4.98 Å². The summed E-state index contributed by atoms with van der Waals surface area (Å²) in [6.45, 7) is 0.791. The van der Waals surface area contributed by atoms with E-state index in [1.807, 2.05) is 17.8 Å². The van der Waals surface area contributed by atoms with E-state index in [0.717, 1.165) is 23.7 Å². The molecule has 0 aromatic carbocycles. The van der Waals surface area contributed by atoms with E-state index in [0.29, 0.717) is 5.96 Å². The molecule has 0 fully saturated rings. The topological polar surface area (TPSA) is 93.5 Å². The molecule has 0 saturated carbocycles. The Morgan fingerprint density at radius 1 is 1.81 bits per heavy atom. The lowest BCUT2D eigenvalue weighted by Crippen LogP contribution is -2.37. The zero-order valence-corrected chi connectivity index (χ0v) is 9.92. The van der Waals surface area contributed by atoms with Crippen LogP contribution in [0, 0.1) is 11.5 Å². The summed E-state index contributed by atoms with van der Waals surface area (Å²) in [4.78, 5) is 6.98. The van der Waals surface area contributed by atoms with E-state index in [1.54, 1.807) is 24.3 Å². The van der Waals surface area contributed by atoms with Gasteiger partial charge in [-0.2, -0.15) is 22.3 Å². The molecule has 0 aliphatic heterocycles. The van der Waals surface area contributed by atoms with Crippen molar-refractivity contribution in [3.8, 4) is 6.19 Å². The SMILES string of the molecule is C[N+](CCSCc1cnc[nH]1)=C(N)NC#N. The number of nitrogens with zero attached hydrogens (tertiary/aromatic N) is 3. The molecule has 0 aliphatic carbocycles. The van der Waals surface area contributed by atoms with E-state index in [2.05, 4.69) is 15.3 Å². The molecular weight excluding hydrogens is 224 g/mol. The number of aromatic amines is 1. The van der Waals surface area contributed by atoms with Crippen LogP contribution in [0.4, 0.5) is 0 Å². The second-order valence-corrected chi connectivity index (χ2v) is 4.28. The molecule has 0 spiro atoms. The summed E-state index contributed by atoms with van der Waals surface area (Å²) in [6, 6.07) is 0. The van der Waals surface area contributed by atoms with Crippen molar-refractivity contribution in [1.29, 1.82) is 5.26 Å². The fourth-order valence-corrected chi connectivity index (χ4v) is 1.95. The minimum absolute atomic E-state index is 0.379. The van der Waals surface area contributed by atoms with Crippen molar-refractivity contribution in [1.82, 2.24) is 15.3 Å². The van der Waals surface area contributed by atoms with Crippen LogP contribution < -0.4 is 11.1 Å². The first-order valence-electron chi connectivity index (χ1n) is 4.77. The molecule has 0 radical (unpaired) electrons. The number of nitrogens with one attached hydrogen (secondary N) is 2. The van der Waals surface area contributed by atoms with Gasteiger partial charge in [-0.05, 0) is 0 Å². The molecule has 0 amide bonds. The quantitative estimate of drug-likeness (QED) is 0.163. The second kappa shape index (κ2) is 6.74. The maximum atomic E-state index is 8.38. The van der Waals surface area contributed by atoms with Crippen LogP contribution in [0.3, 0.4) is 0 Å². The Hall–Kier alpha value is -1.68. The molecule has 1 aromatic rings. The summed E-state index contributed by atoms with van der Waals surface area (Å²) in [5.41, 5.74) is 6.70. The van der Waals surface area contributed by atoms with Crippen LogP contribution in [-0.2, 0) is 5.75 Å². The number of nitriles is 1. The molecule has 1 heterocycles. The minimum Gasteiger partial charge on any atom is -0.348 e. The third kappa shape index (κ3) is 4.23. The number of aromatic nitrogens is 2. The third-order valence-corrected chi connectivity index (χ3v) is 2.97. The number of hydrogen-bond donors (Lipinski definition) is 3. The molecule has 16 heavy (non-hydrogen) atoms. The highest BCUT2D eigenvalue weighted by Gasteiger charge is 2.02. The first kappa shape index (κ1) is 12.4. The molecule has 6 nitrogen and oxygen atoms in total. The molecule has 1 aromatic heterocycles. The first-order valence-corrected chi connectivity index (χ1v) is 5.93. The summed E-state index contributed by atoms with van der Waals surface area (Å²) < 4.78 is 1.81. The lowest BCUT2D eigenvalue weighted by molar-refractivity contribution is -0.494. The van der Waals surface area contributed by atoms with Crippen LogP contribution in [0.2, 0.25) is 0 Å². The Balaban J connectivity index is 2.21. The van der Waals surface area contributed by atoms with Gasteiger partial charge in [0.25, 0.3) is 6.19 Å². The van der Waals surface area contributed by atoms with Gasteiger partial charge in [0.15, 0.2) is 0 Å². The summed E-state index contributed by atoms with van der Waals surface area (Å²) in [6.07, 6.45) is 5.27. The van der Waals surface area contributed by atoms with E-state index < -0.39 is 0 Å². The van der Waals surface area contributed by atoms with Crippen LogP contribution in [0.15, 0.2) is 12.5 Å². The van der Waals surface area contributed by atoms with E-state index in [4.69, 9.17) is 11.0 Å². The summed E-state index contributed by atoms with van der Waals surface area (Å²) in [5.74, 6) is 2.22. The highest BCUT2D eigenvalue weighted by molar-refractivity contribution is 7.98. The normalized spacial score (nSPS) is 11.8. The number of H-pyrrole nitrogens is 1. The molecule has 0 saturated heterocycles. The average Bonchev–Trinajstić information content (AvgIpc) is 2.77. The Morgan fingerprint density at radius 2 is 2.62 bits per heavy atom. The zero-order chi connectivity index (χ0) is 11.8. The monoisotopic (exact) mass is 239 g/mol. The van der Waals surface area contributed by atoms with Gasteiger partial charge in [0, 0.05) is 23.4 Å². The lowest BCUT2D eigenvalue weighted by atomic mass is 10.6. The molecule has 0 aliphatic rings. The highest BCUT2D eigenvalue weighted by atomic mass is 32.2. The maximum absolute atomic E-state index is 8.38. The van der Waals surface area contributed by atoms with Crippen molar-refractivity contribution < 1.29 is 4.58 Å². The molecule has 86 valence electrons. The van der Waals surface area contributed by atoms with Crippen molar-refractivity contribution in [2.75, 3.05) is 19.3 Å². The summed E-state index contributed by atoms with van der Waals surface area (Å²) in [5, 5.41) is 10.8. The van der Waals surface area contributed by atoms with Gasteiger partial charge in [-0.1, -0.05) is 0 Å².